The van der Waals surface area contributed by atoms with Crippen molar-refractivity contribution in [1.82, 2.24) is 60.4 Å². The predicted octanol–water partition coefficient (Wildman–Crippen LogP) is -0.0383. The van der Waals surface area contributed by atoms with Gasteiger partial charge in [0.05, 0.1) is 37.6 Å². The molecule has 6 aromatic heterocycles. The summed E-state index contributed by atoms with van der Waals surface area (Å²) in [6.45, 7) is 1.82. The van der Waals surface area contributed by atoms with E-state index in [2.05, 4.69) is 62.3 Å². The monoisotopic (exact) mass is 929 g/mol. The minimum absolute atomic E-state index is 0. The van der Waals surface area contributed by atoms with E-state index < -0.39 is 23.6 Å². The number of pyridine rings is 4. The maximum Gasteiger partial charge on any atom is 0.243 e. The molecule has 0 fully saturated rings. The van der Waals surface area contributed by atoms with Gasteiger partial charge in [-0.1, -0.05) is 12.1 Å². The number of hydrogen-bond donors (Lipinski definition) is 6. The maximum atomic E-state index is 12.0. The van der Waals surface area contributed by atoms with Gasteiger partial charge in [0.2, 0.25) is 35.4 Å². The molecule has 0 saturated carbocycles. The van der Waals surface area contributed by atoms with E-state index in [1.807, 2.05) is 24.3 Å². The average Bonchev–Trinajstić information content (AvgIpc) is 3.79. The van der Waals surface area contributed by atoms with E-state index in [9.17, 15) is 28.8 Å². The molecule has 6 N–H and O–H groups in total. The largest absolute Gasteiger partial charge is 0.347 e. The summed E-state index contributed by atoms with van der Waals surface area (Å²) in [4.78, 5) is 77.1. The number of anilines is 2. The second-order valence-electron chi connectivity index (χ2n) is 11.2. The summed E-state index contributed by atoms with van der Waals surface area (Å²) in [5.74, 6) is -1.26. The molecule has 0 radical (unpaired) electrons. The Balaban J connectivity index is 0.000000240. The van der Waals surface area contributed by atoms with Gasteiger partial charge < -0.3 is 31.9 Å². The van der Waals surface area contributed by atoms with Crippen LogP contribution in [0.2, 0.25) is 0 Å². The molecule has 286 valence electrons. The third kappa shape index (κ3) is 12.0. The van der Waals surface area contributed by atoms with Crippen LogP contribution >= 0.6 is 0 Å². The van der Waals surface area contributed by atoms with Crippen LogP contribution in [0.25, 0.3) is 34.3 Å². The van der Waals surface area contributed by atoms with Gasteiger partial charge in [0.15, 0.2) is 22.9 Å². The van der Waals surface area contributed by atoms with Crippen LogP contribution in [0, 0.1) is 0 Å². The van der Waals surface area contributed by atoms with Crippen LogP contribution in [0.4, 0.5) is 11.4 Å². The first-order valence-electron chi connectivity index (χ1n) is 16.2. The smallest absolute Gasteiger partial charge is 0.243 e. The van der Waals surface area contributed by atoms with E-state index in [4.69, 9.17) is 0 Å². The van der Waals surface area contributed by atoms with Gasteiger partial charge >= 0.3 is 0 Å². The Kier molecular flexibility index (Phi) is 14.7. The fourth-order valence-corrected chi connectivity index (χ4v) is 4.57. The number of carbonyl (C=O) groups is 6. The summed E-state index contributed by atoms with van der Waals surface area (Å²) in [7, 11) is 0. The summed E-state index contributed by atoms with van der Waals surface area (Å²) in [6, 6.07) is 17.7. The Labute approximate surface area is 326 Å². The molecule has 0 aliphatic heterocycles. The Hall–Kier alpha value is -6.95. The second kappa shape index (κ2) is 19.8. The van der Waals surface area contributed by atoms with E-state index in [-0.39, 0.29) is 59.1 Å². The van der Waals surface area contributed by atoms with Gasteiger partial charge in [0, 0.05) is 59.7 Å². The van der Waals surface area contributed by atoms with E-state index in [1.54, 1.807) is 70.0 Å². The van der Waals surface area contributed by atoms with E-state index in [0.29, 0.717) is 45.7 Å². The molecule has 6 aromatic rings. The van der Waals surface area contributed by atoms with Crippen LogP contribution in [0.1, 0.15) is 13.8 Å². The first-order valence-corrected chi connectivity index (χ1v) is 16.2. The van der Waals surface area contributed by atoms with Crippen molar-refractivity contribution in [2.45, 2.75) is 13.8 Å². The molecule has 0 aromatic carbocycles. The standard InChI is InChI=1S/2C17H17N7O3.Pt/c2*1-11(25)19-8-15(26)20-9-16(27)21-12-5-6-14-22-23-17(24(14)10-12)13-4-2-3-7-18-13;/h2*2-7,10H,8-9H2,1H3,(H,19,25)(H,20,26)(H,21,27);. The number of carbonyl (C=O) groups excluding carboxylic acids is 6. The number of nitrogens with one attached hydrogen (secondary N) is 6. The molecule has 0 bridgehead atoms. The molecular weight excluding hydrogens is 896 g/mol. The Morgan fingerprint density at radius 3 is 1.27 bits per heavy atom. The van der Waals surface area contributed by atoms with Crippen molar-refractivity contribution < 1.29 is 49.8 Å². The molecule has 0 aliphatic carbocycles. The molecule has 6 amide bonds. The molecule has 0 aliphatic rings. The van der Waals surface area contributed by atoms with Crippen molar-refractivity contribution in [3.63, 3.8) is 0 Å². The number of fused-ring (bicyclic) bond motifs is 2. The first kappa shape index (κ1) is 40.8. The topological polar surface area (TPSA) is 261 Å². The molecule has 0 spiro atoms. The van der Waals surface area contributed by atoms with Crippen molar-refractivity contribution in [3.05, 3.63) is 85.5 Å². The van der Waals surface area contributed by atoms with Crippen LogP contribution in [-0.2, 0) is 49.8 Å². The van der Waals surface area contributed by atoms with Gasteiger partial charge in [-0.25, -0.2) is 0 Å². The third-order valence-corrected chi connectivity index (χ3v) is 7.05. The predicted molar refractivity (Wildman–Crippen MR) is 193 cm³/mol. The van der Waals surface area contributed by atoms with Gasteiger partial charge in [-0.15, -0.1) is 20.4 Å². The van der Waals surface area contributed by atoms with Gasteiger partial charge in [-0.3, -0.25) is 47.5 Å². The van der Waals surface area contributed by atoms with Crippen LogP contribution in [0.3, 0.4) is 0 Å². The minimum atomic E-state index is -0.452. The number of hydrogen-bond acceptors (Lipinski definition) is 12. The third-order valence-electron chi connectivity index (χ3n) is 7.05. The molecule has 0 unspecified atom stereocenters. The zero-order valence-electron chi connectivity index (χ0n) is 29.3. The fourth-order valence-electron chi connectivity index (χ4n) is 4.57. The van der Waals surface area contributed by atoms with Gasteiger partial charge in [-0.2, -0.15) is 0 Å². The summed E-state index contributed by atoms with van der Waals surface area (Å²) in [5.41, 5.74) is 3.55. The molecular formula is C34H34N14O6Pt. The SMILES string of the molecule is CC(=O)NCC(=O)NCC(=O)Nc1ccc2nnc(-c3ccccn3)n2c1.CC(=O)NCC(=O)NCC(=O)Nc1ccc2nnc(-c3ccccn3)n2c1.[Pt]. The number of aromatic nitrogens is 8. The van der Waals surface area contributed by atoms with Crippen LogP contribution in [0.5, 0.6) is 0 Å². The van der Waals surface area contributed by atoms with E-state index >= 15 is 0 Å². The summed E-state index contributed by atoms with van der Waals surface area (Å²) >= 11 is 0. The molecule has 6 rings (SSSR count). The minimum Gasteiger partial charge on any atom is -0.347 e. The van der Waals surface area contributed by atoms with Crippen molar-refractivity contribution >= 4 is 58.1 Å². The van der Waals surface area contributed by atoms with Crippen molar-refractivity contribution in [1.29, 1.82) is 0 Å². The Morgan fingerprint density at radius 1 is 0.509 bits per heavy atom. The zero-order chi connectivity index (χ0) is 38.5. The average molecular weight is 930 g/mol. The number of rotatable bonds is 12. The molecule has 0 atom stereocenters. The van der Waals surface area contributed by atoms with Gasteiger partial charge in [0.25, 0.3) is 0 Å². The Bertz CT molecular complexity index is 2140. The summed E-state index contributed by atoms with van der Waals surface area (Å²) < 4.78 is 3.43. The van der Waals surface area contributed by atoms with Crippen molar-refractivity contribution in [2.24, 2.45) is 0 Å². The molecule has 55 heavy (non-hydrogen) atoms. The van der Waals surface area contributed by atoms with Gasteiger partial charge in [-0.05, 0) is 48.5 Å². The number of nitrogens with zero attached hydrogens (tertiary/aromatic N) is 8. The molecule has 21 heteroatoms. The van der Waals surface area contributed by atoms with Crippen LogP contribution in [-0.4, -0.2) is 101 Å². The second-order valence-corrected chi connectivity index (χ2v) is 11.2. The molecule has 6 heterocycles. The quantitative estimate of drug-likeness (QED) is 0.0946. The summed E-state index contributed by atoms with van der Waals surface area (Å²) in [5, 5.41) is 31.3. The fraction of sp³-hybridized carbons (Fsp3) is 0.176. The zero-order valence-corrected chi connectivity index (χ0v) is 31.5. The number of amides is 6. The first-order chi connectivity index (χ1) is 26.0. The molecule has 0 saturated heterocycles. The van der Waals surface area contributed by atoms with Gasteiger partial charge in [0.1, 0.15) is 11.4 Å². The Morgan fingerprint density at radius 2 is 0.909 bits per heavy atom. The van der Waals surface area contributed by atoms with Crippen LogP contribution in [0.15, 0.2) is 85.5 Å². The van der Waals surface area contributed by atoms with E-state index in [1.165, 1.54) is 13.8 Å². The van der Waals surface area contributed by atoms with E-state index in [0.717, 1.165) is 0 Å². The van der Waals surface area contributed by atoms with Crippen LogP contribution < -0.4 is 31.9 Å². The van der Waals surface area contributed by atoms with Crippen molar-refractivity contribution in [3.8, 4) is 23.0 Å². The van der Waals surface area contributed by atoms with Crippen molar-refractivity contribution in [2.75, 3.05) is 36.8 Å². The molecule has 20 nitrogen and oxygen atoms in total. The summed E-state index contributed by atoms with van der Waals surface area (Å²) in [6.07, 6.45) is 6.67. The maximum absolute atomic E-state index is 12.0. The normalized spacial score (nSPS) is 10.2.